The molecule has 1 aliphatic carbocycles. The average Bonchev–Trinajstić information content (AvgIpc) is 2.52. The summed E-state index contributed by atoms with van der Waals surface area (Å²) in [6.45, 7) is 7.96. The number of aryl methyl sites for hydroxylation is 1. The van der Waals surface area contributed by atoms with Crippen LogP contribution in [0.25, 0.3) is 0 Å². The van der Waals surface area contributed by atoms with Crippen molar-refractivity contribution in [2.24, 2.45) is 5.73 Å². The van der Waals surface area contributed by atoms with Gasteiger partial charge in [-0.1, -0.05) is 6.07 Å². The monoisotopic (exact) mass is 282 g/mol. The third kappa shape index (κ3) is 3.48. The molecule has 0 heterocycles. The number of nitrogens with two attached hydrogens (primary N) is 1. The number of carbonyl (C=O) groups excluding carboxylic acids is 1. The van der Waals surface area contributed by atoms with Gasteiger partial charge < -0.3 is 11.1 Å². The van der Waals surface area contributed by atoms with E-state index in [9.17, 15) is 4.79 Å². The third-order valence-corrected chi connectivity index (χ3v) is 3.39. The summed E-state index contributed by atoms with van der Waals surface area (Å²) in [5.41, 5.74) is 8.82. The SMILES string of the molecule is CC(C)(C)NC(=O)c1ccc2c(c1)C(C)(N)CC2.Cl. The Morgan fingerprint density at radius 1 is 1.37 bits per heavy atom. The number of fused-ring (bicyclic) bond motifs is 1. The Hall–Kier alpha value is -1.06. The van der Waals surface area contributed by atoms with Crippen LogP contribution in [0.5, 0.6) is 0 Å². The minimum Gasteiger partial charge on any atom is -0.347 e. The van der Waals surface area contributed by atoms with Gasteiger partial charge >= 0.3 is 0 Å². The van der Waals surface area contributed by atoms with E-state index in [1.807, 2.05) is 45.9 Å². The third-order valence-electron chi connectivity index (χ3n) is 3.39. The normalized spacial score (nSPS) is 21.5. The van der Waals surface area contributed by atoms with E-state index >= 15 is 0 Å². The maximum Gasteiger partial charge on any atom is 0.251 e. The molecule has 0 aliphatic heterocycles. The highest BCUT2D eigenvalue weighted by molar-refractivity contribution is 5.95. The summed E-state index contributed by atoms with van der Waals surface area (Å²) in [5, 5.41) is 2.97. The van der Waals surface area contributed by atoms with Gasteiger partial charge in [0.1, 0.15) is 0 Å². The summed E-state index contributed by atoms with van der Waals surface area (Å²) in [6.07, 6.45) is 1.95. The number of benzene rings is 1. The van der Waals surface area contributed by atoms with Crippen molar-refractivity contribution < 1.29 is 4.79 Å². The van der Waals surface area contributed by atoms with Crippen LogP contribution < -0.4 is 11.1 Å². The topological polar surface area (TPSA) is 55.1 Å². The van der Waals surface area contributed by atoms with Gasteiger partial charge in [-0.05, 0) is 63.8 Å². The smallest absolute Gasteiger partial charge is 0.251 e. The van der Waals surface area contributed by atoms with Crippen LogP contribution in [0.1, 0.15) is 55.6 Å². The Morgan fingerprint density at radius 2 is 2.00 bits per heavy atom. The first-order valence-electron chi connectivity index (χ1n) is 6.44. The maximum atomic E-state index is 12.1. The largest absolute Gasteiger partial charge is 0.347 e. The lowest BCUT2D eigenvalue weighted by atomic mass is 9.94. The van der Waals surface area contributed by atoms with Crippen molar-refractivity contribution in [2.75, 3.05) is 0 Å². The average molecular weight is 283 g/mol. The van der Waals surface area contributed by atoms with E-state index in [2.05, 4.69) is 5.32 Å². The van der Waals surface area contributed by atoms with E-state index < -0.39 is 0 Å². The van der Waals surface area contributed by atoms with E-state index in [4.69, 9.17) is 5.73 Å². The Labute approximate surface area is 121 Å². The molecule has 4 heteroatoms. The number of hydrogen-bond acceptors (Lipinski definition) is 2. The van der Waals surface area contributed by atoms with Gasteiger partial charge in [0.05, 0.1) is 0 Å². The molecular formula is C15H23ClN2O. The van der Waals surface area contributed by atoms with E-state index in [1.165, 1.54) is 5.56 Å². The molecule has 1 atom stereocenters. The molecule has 0 fully saturated rings. The molecule has 0 bridgehead atoms. The molecule has 1 unspecified atom stereocenters. The quantitative estimate of drug-likeness (QED) is 0.832. The lowest BCUT2D eigenvalue weighted by Gasteiger charge is -2.22. The molecular weight excluding hydrogens is 260 g/mol. The number of rotatable bonds is 1. The van der Waals surface area contributed by atoms with E-state index in [0.29, 0.717) is 5.56 Å². The lowest BCUT2D eigenvalue weighted by molar-refractivity contribution is 0.0919. The van der Waals surface area contributed by atoms with E-state index in [0.717, 1.165) is 18.4 Å². The fourth-order valence-electron chi connectivity index (χ4n) is 2.41. The minimum absolute atomic E-state index is 0. The van der Waals surface area contributed by atoms with Gasteiger partial charge in [0.15, 0.2) is 0 Å². The fourth-order valence-corrected chi connectivity index (χ4v) is 2.41. The van der Waals surface area contributed by atoms with Crippen molar-refractivity contribution in [3.8, 4) is 0 Å². The first-order chi connectivity index (χ1) is 8.19. The van der Waals surface area contributed by atoms with Gasteiger partial charge in [-0.15, -0.1) is 12.4 Å². The molecule has 1 aromatic carbocycles. The van der Waals surface area contributed by atoms with E-state index in [-0.39, 0.29) is 29.4 Å². The standard InChI is InChI=1S/C15H22N2O.ClH/c1-14(2,3)17-13(18)11-6-5-10-7-8-15(4,16)12(10)9-11;/h5-6,9H,7-8,16H2,1-4H3,(H,17,18);1H. The van der Waals surface area contributed by atoms with Gasteiger partial charge in [0.2, 0.25) is 0 Å². The number of nitrogens with one attached hydrogen (secondary N) is 1. The first-order valence-corrected chi connectivity index (χ1v) is 6.44. The molecule has 2 rings (SSSR count). The zero-order valence-corrected chi connectivity index (χ0v) is 12.9. The van der Waals surface area contributed by atoms with Gasteiger partial charge in [0, 0.05) is 16.6 Å². The Bertz CT molecular complexity index is 489. The van der Waals surface area contributed by atoms with Crippen LogP contribution >= 0.6 is 12.4 Å². The summed E-state index contributed by atoms with van der Waals surface area (Å²) in [5.74, 6) is -0.0343. The summed E-state index contributed by atoms with van der Waals surface area (Å²) in [4.78, 5) is 12.1. The number of halogens is 1. The highest BCUT2D eigenvalue weighted by Crippen LogP contribution is 2.34. The maximum absolute atomic E-state index is 12.1. The second-order valence-electron chi connectivity index (χ2n) is 6.49. The molecule has 0 aromatic heterocycles. The van der Waals surface area contributed by atoms with Crippen LogP contribution in [0.4, 0.5) is 0 Å². The predicted molar refractivity (Wildman–Crippen MR) is 80.8 cm³/mol. The molecule has 0 spiro atoms. The molecule has 19 heavy (non-hydrogen) atoms. The Kier molecular flexibility index (Phi) is 4.33. The Morgan fingerprint density at radius 3 is 2.58 bits per heavy atom. The molecule has 106 valence electrons. The molecule has 1 aromatic rings. The van der Waals surface area contributed by atoms with Crippen molar-refractivity contribution in [3.63, 3.8) is 0 Å². The zero-order valence-electron chi connectivity index (χ0n) is 12.0. The van der Waals surface area contributed by atoms with E-state index in [1.54, 1.807) is 0 Å². The lowest BCUT2D eigenvalue weighted by Crippen LogP contribution is -2.40. The van der Waals surface area contributed by atoms with Crippen molar-refractivity contribution >= 4 is 18.3 Å². The number of hydrogen-bond donors (Lipinski definition) is 2. The van der Waals surface area contributed by atoms with Crippen molar-refractivity contribution in [1.29, 1.82) is 0 Å². The second-order valence-corrected chi connectivity index (χ2v) is 6.49. The summed E-state index contributed by atoms with van der Waals surface area (Å²) < 4.78 is 0. The van der Waals surface area contributed by atoms with Crippen molar-refractivity contribution in [3.05, 3.63) is 34.9 Å². The molecule has 3 N–H and O–H groups in total. The van der Waals surface area contributed by atoms with Crippen LogP contribution in [0.15, 0.2) is 18.2 Å². The van der Waals surface area contributed by atoms with Gasteiger partial charge in [0.25, 0.3) is 5.91 Å². The number of amides is 1. The van der Waals surface area contributed by atoms with Crippen LogP contribution in [-0.4, -0.2) is 11.4 Å². The predicted octanol–water partition coefficient (Wildman–Crippen LogP) is 2.76. The van der Waals surface area contributed by atoms with Crippen LogP contribution in [0.3, 0.4) is 0 Å². The zero-order chi connectivity index (χ0) is 13.6. The molecule has 0 saturated carbocycles. The van der Waals surface area contributed by atoms with Crippen molar-refractivity contribution in [1.82, 2.24) is 5.32 Å². The summed E-state index contributed by atoms with van der Waals surface area (Å²) in [6, 6.07) is 5.87. The first kappa shape index (κ1) is 16.0. The van der Waals surface area contributed by atoms with Crippen LogP contribution in [0, 0.1) is 0 Å². The van der Waals surface area contributed by atoms with Crippen LogP contribution in [0.2, 0.25) is 0 Å². The summed E-state index contributed by atoms with van der Waals surface area (Å²) in [7, 11) is 0. The highest BCUT2D eigenvalue weighted by atomic mass is 35.5. The fraction of sp³-hybridized carbons (Fsp3) is 0.533. The molecule has 0 saturated heterocycles. The Balaban J connectivity index is 0.00000180. The second kappa shape index (κ2) is 5.14. The molecule has 3 nitrogen and oxygen atoms in total. The van der Waals surface area contributed by atoms with Gasteiger partial charge in [-0.3, -0.25) is 4.79 Å². The minimum atomic E-state index is -0.298. The van der Waals surface area contributed by atoms with Crippen LogP contribution in [-0.2, 0) is 12.0 Å². The number of carbonyl (C=O) groups is 1. The molecule has 0 radical (unpaired) electrons. The molecule has 1 aliphatic rings. The highest BCUT2D eigenvalue weighted by Gasteiger charge is 2.31. The van der Waals surface area contributed by atoms with Gasteiger partial charge in [-0.2, -0.15) is 0 Å². The molecule has 1 amide bonds. The van der Waals surface area contributed by atoms with Crippen molar-refractivity contribution in [2.45, 2.75) is 51.6 Å². The summed E-state index contributed by atoms with van der Waals surface area (Å²) >= 11 is 0. The van der Waals surface area contributed by atoms with Gasteiger partial charge in [-0.25, -0.2) is 0 Å².